The number of thiazole rings is 1. The number of esters is 1. The Bertz CT molecular complexity index is 825. The van der Waals surface area contributed by atoms with Crippen LogP contribution >= 0.6 is 22.7 Å². The molecule has 1 saturated heterocycles. The lowest BCUT2D eigenvalue weighted by molar-refractivity contribution is 0.0240. The number of anilines is 1. The lowest BCUT2D eigenvalue weighted by atomic mass is 10.2. The number of carbonyl (C=O) groups is 1. The molecule has 0 bridgehead atoms. The van der Waals surface area contributed by atoms with Crippen LogP contribution in [0.15, 0.2) is 35.7 Å². The monoisotopic (exact) mass is 334 g/mol. The molecule has 0 amide bonds. The van der Waals surface area contributed by atoms with Gasteiger partial charge in [-0.3, -0.25) is 0 Å². The van der Waals surface area contributed by atoms with Crippen molar-refractivity contribution < 1.29 is 13.9 Å². The first-order valence-electron chi connectivity index (χ1n) is 6.74. The molecule has 0 saturated carbocycles. The van der Waals surface area contributed by atoms with Gasteiger partial charge in [0.25, 0.3) is 0 Å². The Morgan fingerprint density at radius 1 is 1.36 bits per heavy atom. The Balaban J connectivity index is 1.41. The van der Waals surface area contributed by atoms with Gasteiger partial charge in [-0.2, -0.15) is 0 Å². The van der Waals surface area contributed by atoms with Gasteiger partial charge in [0.05, 0.1) is 23.3 Å². The Hall–Kier alpha value is -1.99. The minimum atomic E-state index is -0.272. The van der Waals surface area contributed by atoms with E-state index in [-0.39, 0.29) is 17.9 Å². The standard InChI is InChI=1S/C15H11FN2O2S2/c16-9-3-4-11-13(6-9)22-15(17-11)18-7-10(8-18)20-14(19)12-2-1-5-21-12/h1-6,10H,7-8H2. The molecule has 7 heteroatoms. The maximum absolute atomic E-state index is 13.2. The number of hydrogen-bond acceptors (Lipinski definition) is 6. The van der Waals surface area contributed by atoms with Crippen molar-refractivity contribution in [3.05, 3.63) is 46.4 Å². The van der Waals surface area contributed by atoms with Gasteiger partial charge in [0, 0.05) is 0 Å². The van der Waals surface area contributed by atoms with Crippen LogP contribution in [0.2, 0.25) is 0 Å². The fourth-order valence-corrected chi connectivity index (χ4v) is 3.91. The molecule has 0 spiro atoms. The van der Waals surface area contributed by atoms with E-state index < -0.39 is 0 Å². The third-order valence-corrected chi connectivity index (χ3v) is 5.38. The van der Waals surface area contributed by atoms with Crippen LogP contribution < -0.4 is 4.90 Å². The minimum Gasteiger partial charge on any atom is -0.454 e. The quantitative estimate of drug-likeness (QED) is 0.687. The first-order chi connectivity index (χ1) is 10.7. The molecule has 0 radical (unpaired) electrons. The number of fused-ring (bicyclic) bond motifs is 1. The summed E-state index contributed by atoms with van der Waals surface area (Å²) < 4.78 is 19.4. The fourth-order valence-electron chi connectivity index (χ4n) is 2.29. The zero-order valence-corrected chi connectivity index (χ0v) is 13.0. The van der Waals surface area contributed by atoms with Gasteiger partial charge in [0.2, 0.25) is 0 Å². The van der Waals surface area contributed by atoms with E-state index in [1.807, 2.05) is 16.3 Å². The Kier molecular flexibility index (Phi) is 3.31. The van der Waals surface area contributed by atoms with E-state index in [4.69, 9.17) is 4.74 Å². The van der Waals surface area contributed by atoms with Crippen molar-refractivity contribution in [1.29, 1.82) is 0 Å². The molecule has 4 nitrogen and oxygen atoms in total. The topological polar surface area (TPSA) is 42.4 Å². The molecule has 3 heterocycles. The largest absolute Gasteiger partial charge is 0.454 e. The number of carbonyl (C=O) groups excluding carboxylic acids is 1. The summed E-state index contributed by atoms with van der Waals surface area (Å²) in [5.41, 5.74) is 0.792. The number of halogens is 1. The van der Waals surface area contributed by atoms with Crippen LogP contribution in [-0.4, -0.2) is 30.1 Å². The SMILES string of the molecule is O=C(OC1CN(c2nc3ccc(F)cc3s2)C1)c1cccs1. The number of nitrogens with zero attached hydrogens (tertiary/aromatic N) is 2. The fraction of sp³-hybridized carbons (Fsp3) is 0.200. The normalized spacial score (nSPS) is 15.0. The van der Waals surface area contributed by atoms with E-state index in [0.717, 1.165) is 15.3 Å². The molecule has 1 aromatic carbocycles. The number of hydrogen-bond donors (Lipinski definition) is 0. The van der Waals surface area contributed by atoms with E-state index in [1.165, 1.54) is 34.8 Å². The molecule has 0 N–H and O–H groups in total. The summed E-state index contributed by atoms with van der Waals surface area (Å²) in [6.07, 6.45) is -0.113. The van der Waals surface area contributed by atoms with Gasteiger partial charge in [-0.25, -0.2) is 14.2 Å². The average Bonchev–Trinajstić information content (AvgIpc) is 3.10. The summed E-state index contributed by atoms with van der Waals surface area (Å²) in [5, 5.41) is 2.69. The zero-order chi connectivity index (χ0) is 15.1. The van der Waals surface area contributed by atoms with E-state index in [0.29, 0.717) is 18.0 Å². The summed E-state index contributed by atoms with van der Waals surface area (Å²) in [7, 11) is 0. The number of benzene rings is 1. The highest BCUT2D eigenvalue weighted by Crippen LogP contribution is 2.32. The van der Waals surface area contributed by atoms with Gasteiger partial charge in [0.15, 0.2) is 5.13 Å². The van der Waals surface area contributed by atoms with Crippen molar-refractivity contribution >= 4 is 44.0 Å². The molecular formula is C15H11FN2O2S2. The lowest BCUT2D eigenvalue weighted by Gasteiger charge is -2.38. The van der Waals surface area contributed by atoms with Crippen molar-refractivity contribution in [3.63, 3.8) is 0 Å². The van der Waals surface area contributed by atoms with Crippen LogP contribution in [0.3, 0.4) is 0 Å². The van der Waals surface area contributed by atoms with E-state index >= 15 is 0 Å². The maximum Gasteiger partial charge on any atom is 0.348 e. The number of ether oxygens (including phenoxy) is 1. The minimum absolute atomic E-state index is 0.113. The molecule has 2 aromatic heterocycles. The predicted octanol–water partition coefficient (Wildman–Crippen LogP) is 3.54. The third-order valence-electron chi connectivity index (χ3n) is 3.45. The molecule has 22 heavy (non-hydrogen) atoms. The van der Waals surface area contributed by atoms with Crippen LogP contribution in [0.1, 0.15) is 9.67 Å². The zero-order valence-electron chi connectivity index (χ0n) is 11.4. The Morgan fingerprint density at radius 2 is 2.23 bits per heavy atom. The summed E-state index contributed by atoms with van der Waals surface area (Å²) in [6.45, 7) is 1.25. The van der Waals surface area contributed by atoms with Crippen molar-refractivity contribution in [2.45, 2.75) is 6.10 Å². The summed E-state index contributed by atoms with van der Waals surface area (Å²) in [6, 6.07) is 8.16. The van der Waals surface area contributed by atoms with Crippen LogP contribution in [0.4, 0.5) is 9.52 Å². The third kappa shape index (κ3) is 2.46. The highest BCUT2D eigenvalue weighted by atomic mass is 32.1. The average molecular weight is 334 g/mol. The highest BCUT2D eigenvalue weighted by molar-refractivity contribution is 7.22. The summed E-state index contributed by atoms with van der Waals surface area (Å²) in [4.78, 5) is 19.0. The molecule has 1 fully saturated rings. The smallest absolute Gasteiger partial charge is 0.348 e. The van der Waals surface area contributed by atoms with Crippen molar-refractivity contribution in [3.8, 4) is 0 Å². The van der Waals surface area contributed by atoms with E-state index in [1.54, 1.807) is 12.1 Å². The van der Waals surface area contributed by atoms with Crippen molar-refractivity contribution in [2.24, 2.45) is 0 Å². The van der Waals surface area contributed by atoms with Crippen LogP contribution in [0.5, 0.6) is 0 Å². The summed E-state index contributed by atoms with van der Waals surface area (Å²) in [5.74, 6) is -0.528. The van der Waals surface area contributed by atoms with E-state index in [9.17, 15) is 9.18 Å². The number of aromatic nitrogens is 1. The molecule has 0 unspecified atom stereocenters. The van der Waals surface area contributed by atoms with E-state index in [2.05, 4.69) is 4.98 Å². The Morgan fingerprint density at radius 3 is 3.00 bits per heavy atom. The second kappa shape index (κ2) is 5.33. The molecule has 112 valence electrons. The second-order valence-corrected chi connectivity index (χ2v) is 6.97. The lowest BCUT2D eigenvalue weighted by Crippen LogP contribution is -2.53. The first kappa shape index (κ1) is 13.7. The van der Waals surface area contributed by atoms with Crippen molar-refractivity contribution in [2.75, 3.05) is 18.0 Å². The second-order valence-electron chi connectivity index (χ2n) is 5.02. The first-order valence-corrected chi connectivity index (χ1v) is 8.44. The molecule has 3 aromatic rings. The molecule has 0 atom stereocenters. The number of rotatable bonds is 3. The molecule has 1 aliphatic heterocycles. The molecule has 4 rings (SSSR count). The Labute approximate surface area is 133 Å². The van der Waals surface area contributed by atoms with Gasteiger partial charge in [-0.15, -0.1) is 11.3 Å². The summed E-state index contributed by atoms with van der Waals surface area (Å²) >= 11 is 2.83. The molecule has 0 aliphatic carbocycles. The maximum atomic E-state index is 13.2. The predicted molar refractivity (Wildman–Crippen MR) is 85.3 cm³/mol. The van der Waals surface area contributed by atoms with Crippen LogP contribution in [0, 0.1) is 5.82 Å². The van der Waals surface area contributed by atoms with Crippen molar-refractivity contribution in [1.82, 2.24) is 4.98 Å². The molecular weight excluding hydrogens is 323 g/mol. The van der Waals surface area contributed by atoms with Gasteiger partial charge in [-0.1, -0.05) is 17.4 Å². The molecule has 1 aliphatic rings. The van der Waals surface area contributed by atoms with Crippen LogP contribution in [-0.2, 0) is 4.74 Å². The van der Waals surface area contributed by atoms with Crippen LogP contribution in [0.25, 0.3) is 10.2 Å². The van der Waals surface area contributed by atoms with Gasteiger partial charge < -0.3 is 9.64 Å². The number of thiophene rings is 1. The van der Waals surface area contributed by atoms with Gasteiger partial charge in [0.1, 0.15) is 16.8 Å². The highest BCUT2D eigenvalue weighted by Gasteiger charge is 2.32. The van der Waals surface area contributed by atoms with Gasteiger partial charge in [-0.05, 0) is 29.6 Å². The van der Waals surface area contributed by atoms with Gasteiger partial charge >= 0.3 is 5.97 Å².